The zero-order valence-electron chi connectivity index (χ0n) is 11.7. The van der Waals surface area contributed by atoms with Crippen molar-refractivity contribution in [2.75, 3.05) is 6.26 Å². The topological polar surface area (TPSA) is 62.5 Å². The maximum Gasteiger partial charge on any atom is 0.287 e. The van der Waals surface area contributed by atoms with E-state index in [-0.39, 0.29) is 17.7 Å². The number of furan rings is 1. The molecule has 0 saturated carbocycles. The molecule has 1 aromatic heterocycles. The number of benzene rings is 1. The van der Waals surface area contributed by atoms with Crippen LogP contribution in [0.4, 0.5) is 0 Å². The molecule has 21 heavy (non-hydrogen) atoms. The van der Waals surface area contributed by atoms with Crippen molar-refractivity contribution in [3.8, 4) is 0 Å². The first-order valence-corrected chi connectivity index (χ1v) is 8.23. The van der Waals surface area contributed by atoms with Crippen LogP contribution in [-0.4, -0.2) is 23.4 Å². The predicted octanol–water partition coefficient (Wildman–Crippen LogP) is 2.53. The molecule has 0 fully saturated rings. The normalized spacial score (nSPS) is 20.3. The number of amides is 1. The lowest BCUT2D eigenvalue weighted by Gasteiger charge is -2.17. The molecule has 1 aliphatic carbocycles. The summed E-state index contributed by atoms with van der Waals surface area (Å²) < 4.78 is 5.50. The number of carbonyl (C=O) groups is 1. The second kappa shape index (κ2) is 5.95. The van der Waals surface area contributed by atoms with Gasteiger partial charge in [0.25, 0.3) is 5.91 Å². The minimum Gasteiger partial charge on any atom is -0.455 e. The molecule has 3 rings (SSSR count). The molecular formula is C16H17NO3S. The van der Waals surface area contributed by atoms with Crippen LogP contribution < -0.4 is 5.32 Å². The summed E-state index contributed by atoms with van der Waals surface area (Å²) in [5.41, 5.74) is 2.06. The van der Waals surface area contributed by atoms with Gasteiger partial charge in [-0.25, -0.2) is 0 Å². The van der Waals surface area contributed by atoms with Gasteiger partial charge in [-0.2, -0.15) is 11.8 Å². The lowest BCUT2D eigenvalue weighted by Crippen LogP contribution is -2.33. The Balaban J connectivity index is 1.75. The van der Waals surface area contributed by atoms with Crippen molar-refractivity contribution in [1.29, 1.82) is 0 Å². The molecule has 2 aromatic rings. The third-order valence-electron chi connectivity index (χ3n) is 3.66. The standard InChI is InChI=1S/C16H17NO3S/c1-21-9-11-6-7-14(20-11)16(19)17-15-12-5-3-2-4-10(12)8-13(15)18/h2-7,13,15,18H,8-9H2,1H3,(H,17,19)/t13-,15+/m1/s1. The smallest absolute Gasteiger partial charge is 0.287 e. The van der Waals surface area contributed by atoms with Crippen molar-refractivity contribution in [2.24, 2.45) is 0 Å². The molecule has 0 spiro atoms. The van der Waals surface area contributed by atoms with Gasteiger partial charge in [-0.05, 0) is 29.5 Å². The quantitative estimate of drug-likeness (QED) is 0.911. The van der Waals surface area contributed by atoms with Crippen LogP contribution in [-0.2, 0) is 12.2 Å². The molecule has 1 heterocycles. The second-order valence-electron chi connectivity index (χ2n) is 5.12. The molecule has 0 aliphatic heterocycles. The average molecular weight is 303 g/mol. The van der Waals surface area contributed by atoms with E-state index < -0.39 is 6.10 Å². The van der Waals surface area contributed by atoms with Crippen LogP contribution in [0.3, 0.4) is 0 Å². The molecule has 2 atom stereocenters. The Bertz CT molecular complexity index is 652. The van der Waals surface area contributed by atoms with E-state index >= 15 is 0 Å². The second-order valence-corrected chi connectivity index (χ2v) is 5.99. The van der Waals surface area contributed by atoms with Crippen LogP contribution in [0.5, 0.6) is 0 Å². The number of thioether (sulfide) groups is 1. The van der Waals surface area contributed by atoms with Gasteiger partial charge in [0.05, 0.1) is 17.9 Å². The monoisotopic (exact) mass is 303 g/mol. The SMILES string of the molecule is CSCc1ccc(C(=O)N[C@H]2c3ccccc3C[C@H]2O)o1. The molecule has 0 saturated heterocycles. The van der Waals surface area contributed by atoms with Crippen LogP contribution in [0.15, 0.2) is 40.8 Å². The average Bonchev–Trinajstić information content (AvgIpc) is 3.05. The number of hydrogen-bond donors (Lipinski definition) is 2. The molecule has 2 N–H and O–H groups in total. The Morgan fingerprint density at radius 3 is 3.00 bits per heavy atom. The molecule has 1 aromatic carbocycles. The van der Waals surface area contributed by atoms with Crippen LogP contribution in [0.1, 0.15) is 33.5 Å². The maximum atomic E-state index is 12.3. The summed E-state index contributed by atoms with van der Waals surface area (Å²) in [4.78, 5) is 12.3. The van der Waals surface area contributed by atoms with Gasteiger partial charge in [0.15, 0.2) is 5.76 Å². The van der Waals surface area contributed by atoms with Crippen molar-refractivity contribution < 1.29 is 14.3 Å². The lowest BCUT2D eigenvalue weighted by molar-refractivity contribution is 0.0830. The highest BCUT2D eigenvalue weighted by atomic mass is 32.2. The first-order valence-electron chi connectivity index (χ1n) is 6.83. The van der Waals surface area contributed by atoms with Gasteiger partial charge in [-0.3, -0.25) is 4.79 Å². The highest BCUT2D eigenvalue weighted by Gasteiger charge is 2.32. The number of aliphatic hydroxyl groups excluding tert-OH is 1. The number of fused-ring (bicyclic) bond motifs is 1. The Labute approximate surface area is 127 Å². The number of rotatable bonds is 4. The van der Waals surface area contributed by atoms with Gasteiger partial charge in [0.2, 0.25) is 0 Å². The van der Waals surface area contributed by atoms with E-state index in [1.165, 1.54) is 0 Å². The fourth-order valence-corrected chi connectivity index (χ4v) is 3.12. The van der Waals surface area contributed by atoms with Crippen LogP contribution in [0.25, 0.3) is 0 Å². The van der Waals surface area contributed by atoms with E-state index in [1.54, 1.807) is 17.8 Å². The number of hydrogen-bond acceptors (Lipinski definition) is 4. The molecule has 0 unspecified atom stereocenters. The Morgan fingerprint density at radius 2 is 2.19 bits per heavy atom. The molecule has 110 valence electrons. The Morgan fingerprint density at radius 1 is 1.38 bits per heavy atom. The minimum atomic E-state index is -0.591. The van der Waals surface area contributed by atoms with Gasteiger partial charge in [-0.15, -0.1) is 0 Å². The molecule has 5 heteroatoms. The van der Waals surface area contributed by atoms with E-state index in [0.717, 1.165) is 22.6 Å². The molecule has 1 amide bonds. The van der Waals surface area contributed by atoms with E-state index in [4.69, 9.17) is 4.42 Å². The van der Waals surface area contributed by atoms with Crippen molar-refractivity contribution in [1.82, 2.24) is 5.32 Å². The summed E-state index contributed by atoms with van der Waals surface area (Å²) in [6.45, 7) is 0. The first kappa shape index (κ1) is 14.2. The summed E-state index contributed by atoms with van der Waals surface area (Å²) in [5.74, 6) is 1.51. The zero-order chi connectivity index (χ0) is 14.8. The van der Waals surface area contributed by atoms with Gasteiger partial charge >= 0.3 is 0 Å². The Kier molecular flexibility index (Phi) is 4.03. The number of nitrogens with one attached hydrogen (secondary N) is 1. The molecule has 1 aliphatic rings. The molecule has 4 nitrogen and oxygen atoms in total. The van der Waals surface area contributed by atoms with Crippen LogP contribution in [0.2, 0.25) is 0 Å². The summed E-state index contributed by atoms with van der Waals surface area (Å²) in [7, 11) is 0. The van der Waals surface area contributed by atoms with Crippen LogP contribution >= 0.6 is 11.8 Å². The van der Waals surface area contributed by atoms with Gasteiger partial charge in [-0.1, -0.05) is 24.3 Å². The van der Waals surface area contributed by atoms with E-state index in [0.29, 0.717) is 6.42 Å². The summed E-state index contributed by atoms with van der Waals surface area (Å²) in [6, 6.07) is 10.9. The van der Waals surface area contributed by atoms with Gasteiger partial charge < -0.3 is 14.8 Å². The predicted molar refractivity (Wildman–Crippen MR) is 82.3 cm³/mol. The van der Waals surface area contributed by atoms with Crippen molar-refractivity contribution in [3.05, 3.63) is 59.0 Å². The molecule has 0 radical (unpaired) electrons. The third kappa shape index (κ3) is 2.84. The van der Waals surface area contributed by atoms with Gasteiger partial charge in [0.1, 0.15) is 5.76 Å². The third-order valence-corrected chi connectivity index (χ3v) is 4.24. The fourth-order valence-electron chi connectivity index (χ4n) is 2.68. The fraction of sp³-hybridized carbons (Fsp3) is 0.312. The minimum absolute atomic E-state index is 0.288. The largest absolute Gasteiger partial charge is 0.455 e. The van der Waals surface area contributed by atoms with Crippen molar-refractivity contribution in [2.45, 2.75) is 24.3 Å². The van der Waals surface area contributed by atoms with Crippen molar-refractivity contribution >= 4 is 17.7 Å². The number of aliphatic hydroxyl groups is 1. The van der Waals surface area contributed by atoms with Gasteiger partial charge in [0, 0.05) is 6.42 Å². The zero-order valence-corrected chi connectivity index (χ0v) is 12.5. The number of carbonyl (C=O) groups excluding carboxylic acids is 1. The highest BCUT2D eigenvalue weighted by Crippen LogP contribution is 2.31. The lowest BCUT2D eigenvalue weighted by atomic mass is 10.1. The van der Waals surface area contributed by atoms with E-state index in [2.05, 4.69) is 5.32 Å². The molecular weight excluding hydrogens is 286 g/mol. The Hall–Kier alpha value is -1.72. The molecule has 0 bridgehead atoms. The summed E-state index contributed by atoms with van der Waals surface area (Å²) in [6.07, 6.45) is 1.96. The van der Waals surface area contributed by atoms with Crippen LogP contribution in [0, 0.1) is 0 Å². The van der Waals surface area contributed by atoms with E-state index in [1.807, 2.05) is 36.6 Å². The maximum absolute atomic E-state index is 12.3. The van der Waals surface area contributed by atoms with Crippen molar-refractivity contribution in [3.63, 3.8) is 0 Å². The summed E-state index contributed by atoms with van der Waals surface area (Å²) in [5, 5.41) is 13.0. The highest BCUT2D eigenvalue weighted by molar-refractivity contribution is 7.97. The first-order chi connectivity index (χ1) is 10.2. The van der Waals surface area contributed by atoms with E-state index in [9.17, 15) is 9.90 Å². The summed E-state index contributed by atoms with van der Waals surface area (Å²) >= 11 is 1.64.